The third kappa shape index (κ3) is 8.47. The maximum Gasteiger partial charge on any atom is 0.446 e. The SMILES string of the molecule is O=C(NC(O)C(F)(F)F)c1ccc(Cl)cc1.O=CC(F)(F)F. The fraction of sp³-hybridized carbons (Fsp3) is 0.273. The van der Waals surface area contributed by atoms with Gasteiger partial charge in [-0.3, -0.25) is 9.59 Å². The molecule has 1 unspecified atom stereocenters. The molecule has 1 aromatic rings. The van der Waals surface area contributed by atoms with Crippen LogP contribution in [-0.4, -0.2) is 35.9 Å². The molecular weight excluding hydrogens is 344 g/mol. The van der Waals surface area contributed by atoms with Crippen molar-refractivity contribution in [2.24, 2.45) is 0 Å². The monoisotopic (exact) mass is 351 g/mol. The van der Waals surface area contributed by atoms with Gasteiger partial charge in [-0.25, -0.2) is 0 Å². The van der Waals surface area contributed by atoms with Crippen LogP contribution in [0, 0.1) is 0 Å². The van der Waals surface area contributed by atoms with Gasteiger partial charge in [0, 0.05) is 10.6 Å². The molecule has 0 spiro atoms. The summed E-state index contributed by atoms with van der Waals surface area (Å²) in [6, 6.07) is 5.22. The molecule has 0 heterocycles. The predicted octanol–water partition coefficient (Wildman–Crippen LogP) is 2.70. The van der Waals surface area contributed by atoms with Crippen LogP contribution < -0.4 is 5.32 Å². The number of benzene rings is 1. The summed E-state index contributed by atoms with van der Waals surface area (Å²) in [5.74, 6) is -1.03. The van der Waals surface area contributed by atoms with E-state index in [9.17, 15) is 31.1 Å². The van der Waals surface area contributed by atoms with Gasteiger partial charge in [0.05, 0.1) is 0 Å². The Morgan fingerprint density at radius 3 is 1.86 bits per heavy atom. The van der Waals surface area contributed by atoms with Gasteiger partial charge >= 0.3 is 12.4 Å². The number of hydrogen-bond acceptors (Lipinski definition) is 3. The van der Waals surface area contributed by atoms with Gasteiger partial charge < -0.3 is 10.4 Å². The van der Waals surface area contributed by atoms with Gasteiger partial charge in [0.1, 0.15) is 0 Å². The van der Waals surface area contributed by atoms with Crippen LogP contribution in [0.15, 0.2) is 24.3 Å². The van der Waals surface area contributed by atoms with E-state index < -0.39 is 30.8 Å². The molecule has 0 saturated heterocycles. The minimum atomic E-state index is -4.89. The van der Waals surface area contributed by atoms with Crippen LogP contribution in [0.4, 0.5) is 26.3 Å². The summed E-state index contributed by atoms with van der Waals surface area (Å²) in [5.41, 5.74) is -0.0206. The van der Waals surface area contributed by atoms with Crippen LogP contribution in [0.25, 0.3) is 0 Å². The van der Waals surface area contributed by atoms with E-state index in [0.717, 1.165) is 0 Å². The van der Waals surface area contributed by atoms with Crippen molar-refractivity contribution in [3.8, 4) is 0 Å². The second kappa shape index (κ2) is 7.99. The van der Waals surface area contributed by atoms with Gasteiger partial charge in [-0.2, -0.15) is 26.3 Å². The summed E-state index contributed by atoms with van der Waals surface area (Å²) in [6.45, 7) is 0. The highest BCUT2D eigenvalue weighted by atomic mass is 35.5. The molecule has 0 bridgehead atoms. The van der Waals surface area contributed by atoms with Crippen molar-refractivity contribution in [2.75, 3.05) is 0 Å². The first-order valence-corrected chi connectivity index (χ1v) is 5.59. The Morgan fingerprint density at radius 1 is 1.14 bits per heavy atom. The first-order chi connectivity index (χ1) is 9.86. The lowest BCUT2D eigenvalue weighted by molar-refractivity contribution is -0.209. The summed E-state index contributed by atoms with van der Waals surface area (Å²) in [6.07, 6.45) is -13.5. The topological polar surface area (TPSA) is 66.4 Å². The van der Waals surface area contributed by atoms with Crippen molar-refractivity contribution in [3.63, 3.8) is 0 Å². The average Bonchev–Trinajstić information content (AvgIpc) is 2.38. The van der Waals surface area contributed by atoms with Crippen molar-refractivity contribution in [1.82, 2.24) is 5.32 Å². The maximum atomic E-state index is 11.9. The molecule has 0 aliphatic heterocycles. The standard InChI is InChI=1S/C9H7ClF3NO2.C2HF3O/c10-6-3-1-5(2-4-6)7(15)14-8(16)9(11,12)13;3-2(4,5)1-6/h1-4,8,16H,(H,14,15);1H. The molecule has 1 atom stereocenters. The minimum absolute atomic E-state index is 0.0206. The van der Waals surface area contributed by atoms with E-state index in [1.165, 1.54) is 29.6 Å². The van der Waals surface area contributed by atoms with Crippen molar-refractivity contribution >= 4 is 23.8 Å². The molecule has 4 nitrogen and oxygen atoms in total. The van der Waals surface area contributed by atoms with E-state index in [2.05, 4.69) is 0 Å². The lowest BCUT2D eigenvalue weighted by Gasteiger charge is -2.15. The van der Waals surface area contributed by atoms with Gasteiger partial charge in [-0.1, -0.05) is 11.6 Å². The van der Waals surface area contributed by atoms with Crippen LogP contribution in [-0.2, 0) is 4.79 Å². The van der Waals surface area contributed by atoms with E-state index >= 15 is 0 Å². The largest absolute Gasteiger partial charge is 0.446 e. The summed E-state index contributed by atoms with van der Waals surface area (Å²) in [4.78, 5) is 19.9. The van der Waals surface area contributed by atoms with Gasteiger partial charge in [-0.15, -0.1) is 0 Å². The molecule has 2 N–H and O–H groups in total. The number of halogens is 7. The first kappa shape index (κ1) is 20.2. The van der Waals surface area contributed by atoms with Crippen molar-refractivity contribution in [3.05, 3.63) is 34.9 Å². The highest BCUT2D eigenvalue weighted by Gasteiger charge is 2.39. The number of nitrogens with one attached hydrogen (secondary N) is 1. The molecular formula is C11H8ClF6NO3. The Kier molecular flexibility index (Phi) is 7.33. The molecule has 0 aromatic heterocycles. The molecule has 0 radical (unpaired) electrons. The molecule has 0 fully saturated rings. The zero-order valence-electron chi connectivity index (χ0n) is 10.4. The van der Waals surface area contributed by atoms with Gasteiger partial charge in [0.2, 0.25) is 12.5 Å². The average molecular weight is 352 g/mol. The second-order valence-corrected chi connectivity index (χ2v) is 4.02. The molecule has 11 heteroatoms. The van der Waals surface area contributed by atoms with Crippen LogP contribution in [0.5, 0.6) is 0 Å². The Morgan fingerprint density at radius 2 is 1.55 bits per heavy atom. The van der Waals surface area contributed by atoms with E-state index in [-0.39, 0.29) is 5.56 Å². The van der Waals surface area contributed by atoms with Crippen LogP contribution in [0.3, 0.4) is 0 Å². The maximum absolute atomic E-state index is 11.9. The number of alkyl halides is 6. The van der Waals surface area contributed by atoms with E-state index in [0.29, 0.717) is 5.02 Å². The van der Waals surface area contributed by atoms with Crippen LogP contribution >= 0.6 is 11.6 Å². The Bertz CT molecular complexity index is 500. The van der Waals surface area contributed by atoms with Crippen LogP contribution in [0.2, 0.25) is 5.02 Å². The number of aldehydes is 1. The lowest BCUT2D eigenvalue weighted by Crippen LogP contribution is -2.45. The Labute approximate surface area is 124 Å². The zero-order chi connectivity index (χ0) is 17.6. The summed E-state index contributed by atoms with van der Waals surface area (Å²) in [7, 11) is 0. The first-order valence-electron chi connectivity index (χ1n) is 5.21. The molecule has 0 aliphatic rings. The Balaban J connectivity index is 0.000000626. The van der Waals surface area contributed by atoms with E-state index in [4.69, 9.17) is 21.5 Å². The van der Waals surface area contributed by atoms with Crippen molar-refractivity contribution in [1.29, 1.82) is 0 Å². The van der Waals surface area contributed by atoms with Crippen molar-refractivity contribution < 1.29 is 41.0 Å². The van der Waals surface area contributed by atoms with E-state index in [1.807, 2.05) is 0 Å². The number of aliphatic hydroxyl groups excluding tert-OH is 1. The third-order valence-corrected chi connectivity index (χ3v) is 2.07. The smallest absolute Gasteiger partial charge is 0.366 e. The van der Waals surface area contributed by atoms with Crippen molar-refractivity contribution in [2.45, 2.75) is 18.6 Å². The molecule has 0 saturated carbocycles. The number of carbonyl (C=O) groups is 2. The molecule has 22 heavy (non-hydrogen) atoms. The fourth-order valence-corrected chi connectivity index (χ4v) is 1.02. The summed E-state index contributed by atoms with van der Waals surface area (Å²) < 4.78 is 67.0. The highest BCUT2D eigenvalue weighted by Crippen LogP contribution is 2.18. The molecule has 124 valence electrons. The molecule has 1 rings (SSSR count). The fourth-order valence-electron chi connectivity index (χ4n) is 0.891. The minimum Gasteiger partial charge on any atom is -0.366 e. The zero-order valence-corrected chi connectivity index (χ0v) is 11.1. The summed E-state index contributed by atoms with van der Waals surface area (Å²) in [5, 5.41) is 10.3. The van der Waals surface area contributed by atoms with E-state index in [1.54, 1.807) is 0 Å². The predicted molar refractivity (Wildman–Crippen MR) is 63.1 cm³/mol. The summed E-state index contributed by atoms with van der Waals surface area (Å²) >= 11 is 5.53. The second-order valence-electron chi connectivity index (χ2n) is 3.58. The van der Waals surface area contributed by atoms with Gasteiger partial charge in [-0.05, 0) is 24.3 Å². The number of hydrogen-bond donors (Lipinski definition) is 2. The molecule has 1 aromatic carbocycles. The number of amides is 1. The van der Waals surface area contributed by atoms with Gasteiger partial charge in [0.25, 0.3) is 5.91 Å². The lowest BCUT2D eigenvalue weighted by atomic mass is 10.2. The molecule has 1 amide bonds. The third-order valence-electron chi connectivity index (χ3n) is 1.82. The Hall–Kier alpha value is -1.81. The van der Waals surface area contributed by atoms with Gasteiger partial charge in [0.15, 0.2) is 0 Å². The normalized spacial score (nSPS) is 12.7. The number of carbonyl (C=O) groups excluding carboxylic acids is 2. The number of aliphatic hydroxyl groups is 1. The van der Waals surface area contributed by atoms with Crippen LogP contribution in [0.1, 0.15) is 10.4 Å². The number of rotatable bonds is 2. The quantitative estimate of drug-likeness (QED) is 0.489. The highest BCUT2D eigenvalue weighted by molar-refractivity contribution is 6.30. The molecule has 0 aliphatic carbocycles.